The van der Waals surface area contributed by atoms with E-state index in [1.165, 1.54) is 22.3 Å². The van der Waals surface area contributed by atoms with Crippen LogP contribution in [0.5, 0.6) is 0 Å². The highest BCUT2D eigenvalue weighted by molar-refractivity contribution is 6.34. The van der Waals surface area contributed by atoms with Crippen molar-refractivity contribution in [1.29, 1.82) is 0 Å². The van der Waals surface area contributed by atoms with E-state index in [1.54, 1.807) is 6.07 Å². The molecule has 0 N–H and O–H groups in total. The Morgan fingerprint density at radius 2 is 1.67 bits per heavy atom. The Morgan fingerprint density at radius 1 is 0.933 bits per heavy atom. The maximum absolute atomic E-state index is 6.83. The summed E-state index contributed by atoms with van der Waals surface area (Å²) in [5, 5.41) is 1.29. The molecule has 1 fully saturated rings. The lowest BCUT2D eigenvalue weighted by atomic mass is 9.83. The molecule has 0 saturated carbocycles. The van der Waals surface area contributed by atoms with Crippen LogP contribution in [0.2, 0.25) is 10.0 Å². The lowest BCUT2D eigenvalue weighted by Crippen LogP contribution is -2.42. The number of hydrogen-bond acceptors (Lipinski definition) is 2. The van der Waals surface area contributed by atoms with Crippen LogP contribution in [-0.4, -0.2) is 18.0 Å². The summed E-state index contributed by atoms with van der Waals surface area (Å²) in [5.41, 5.74) is 6.05. The molecule has 1 atom stereocenters. The molecule has 2 aliphatic heterocycles. The van der Waals surface area contributed by atoms with Gasteiger partial charge in [-0.2, -0.15) is 0 Å². The number of fused-ring (bicyclic) bond motifs is 2. The fourth-order valence-electron chi connectivity index (χ4n) is 5.00. The molecule has 0 aromatic heterocycles. The fourth-order valence-corrected chi connectivity index (χ4v) is 5.54. The van der Waals surface area contributed by atoms with E-state index in [-0.39, 0.29) is 11.7 Å². The van der Waals surface area contributed by atoms with Crippen molar-refractivity contribution in [2.24, 2.45) is 0 Å². The number of ether oxygens (including phenoxy) is 1. The van der Waals surface area contributed by atoms with Crippen LogP contribution in [-0.2, 0) is 16.9 Å². The molecule has 5 rings (SSSR count). The average Bonchev–Trinajstić information content (AvgIpc) is 3.04. The van der Waals surface area contributed by atoms with E-state index in [2.05, 4.69) is 60.4 Å². The van der Waals surface area contributed by atoms with Crippen LogP contribution in [0.3, 0.4) is 0 Å². The van der Waals surface area contributed by atoms with Gasteiger partial charge < -0.3 is 4.74 Å². The predicted octanol–water partition coefficient (Wildman–Crippen LogP) is 6.91. The molecule has 1 unspecified atom stereocenters. The van der Waals surface area contributed by atoms with Gasteiger partial charge in [0.15, 0.2) is 0 Å². The summed E-state index contributed by atoms with van der Waals surface area (Å²) < 4.78 is 6.83. The molecule has 0 bridgehead atoms. The standard InChI is InChI=1S/C26H25Cl2NO/c1-18-5-4-6-19(13-18)17-29-11-9-26(10-12-29)24-8-3-2-7-23(24)25(30-26)20-14-21(27)16-22(28)15-20/h2-8,13-16,25H,9-12,17H2,1H3. The van der Waals surface area contributed by atoms with Crippen LogP contribution in [0.25, 0.3) is 0 Å². The van der Waals surface area contributed by atoms with Crippen LogP contribution in [0.15, 0.2) is 66.7 Å². The van der Waals surface area contributed by atoms with Crippen molar-refractivity contribution in [2.75, 3.05) is 13.1 Å². The van der Waals surface area contributed by atoms with Gasteiger partial charge in [-0.3, -0.25) is 4.90 Å². The highest BCUT2D eigenvalue weighted by Crippen LogP contribution is 2.51. The molecule has 2 nitrogen and oxygen atoms in total. The van der Waals surface area contributed by atoms with Gasteiger partial charge in [0.1, 0.15) is 6.10 Å². The smallest absolute Gasteiger partial charge is 0.109 e. The Balaban J connectivity index is 1.39. The molecule has 1 saturated heterocycles. The van der Waals surface area contributed by atoms with Gasteiger partial charge in [-0.15, -0.1) is 0 Å². The minimum absolute atomic E-state index is 0.124. The van der Waals surface area contributed by atoms with Crippen molar-refractivity contribution in [2.45, 2.75) is 38.0 Å². The normalized spacial score (nSPS) is 20.4. The van der Waals surface area contributed by atoms with Crippen molar-refractivity contribution in [1.82, 2.24) is 4.90 Å². The minimum atomic E-state index is -0.237. The predicted molar refractivity (Wildman–Crippen MR) is 123 cm³/mol. The van der Waals surface area contributed by atoms with E-state index in [9.17, 15) is 0 Å². The maximum Gasteiger partial charge on any atom is 0.109 e. The number of likely N-dealkylation sites (tertiary alicyclic amines) is 1. The molecule has 0 aliphatic carbocycles. The van der Waals surface area contributed by atoms with Crippen molar-refractivity contribution in [3.63, 3.8) is 0 Å². The van der Waals surface area contributed by atoms with Crippen LogP contribution in [0.4, 0.5) is 0 Å². The Hall–Kier alpha value is -1.84. The summed E-state index contributed by atoms with van der Waals surface area (Å²) in [6.07, 6.45) is 1.85. The number of piperidine rings is 1. The SMILES string of the molecule is Cc1cccc(CN2CCC3(CC2)OC(c2cc(Cl)cc(Cl)c2)c2ccccc23)c1. The molecule has 2 aliphatic rings. The molecule has 0 amide bonds. The first-order valence-electron chi connectivity index (χ1n) is 10.5. The first-order chi connectivity index (χ1) is 14.5. The van der Waals surface area contributed by atoms with E-state index in [0.717, 1.165) is 38.0 Å². The van der Waals surface area contributed by atoms with Crippen LogP contribution in [0.1, 0.15) is 46.8 Å². The molecule has 30 heavy (non-hydrogen) atoms. The van der Waals surface area contributed by atoms with Crippen molar-refractivity contribution in [3.8, 4) is 0 Å². The van der Waals surface area contributed by atoms with Crippen molar-refractivity contribution < 1.29 is 4.74 Å². The van der Waals surface area contributed by atoms with Gasteiger partial charge in [0.05, 0.1) is 5.60 Å². The lowest BCUT2D eigenvalue weighted by Gasteiger charge is -2.40. The van der Waals surface area contributed by atoms with Crippen molar-refractivity contribution >= 4 is 23.2 Å². The molecule has 4 heteroatoms. The second-order valence-corrected chi connectivity index (χ2v) is 9.42. The summed E-state index contributed by atoms with van der Waals surface area (Å²) >= 11 is 12.6. The largest absolute Gasteiger partial charge is 0.358 e. The van der Waals surface area contributed by atoms with Gasteiger partial charge in [0.25, 0.3) is 0 Å². The zero-order valence-electron chi connectivity index (χ0n) is 17.1. The summed E-state index contributed by atoms with van der Waals surface area (Å²) in [4.78, 5) is 2.54. The first kappa shape index (κ1) is 20.1. The zero-order valence-corrected chi connectivity index (χ0v) is 18.6. The minimum Gasteiger partial charge on any atom is -0.358 e. The quantitative estimate of drug-likeness (QED) is 0.441. The first-order valence-corrected chi connectivity index (χ1v) is 11.3. The number of aryl methyl sites for hydroxylation is 1. The number of halogens is 2. The molecular formula is C26H25Cl2NO. The second kappa shape index (κ2) is 8.01. The zero-order chi connectivity index (χ0) is 20.7. The number of nitrogens with zero attached hydrogens (tertiary/aromatic N) is 1. The van der Waals surface area contributed by atoms with Crippen LogP contribution >= 0.6 is 23.2 Å². The van der Waals surface area contributed by atoms with E-state index in [1.807, 2.05) is 12.1 Å². The summed E-state index contributed by atoms with van der Waals surface area (Å²) in [5.74, 6) is 0. The van der Waals surface area contributed by atoms with E-state index in [0.29, 0.717) is 10.0 Å². The van der Waals surface area contributed by atoms with Gasteiger partial charge in [-0.05, 0) is 60.2 Å². The third kappa shape index (κ3) is 3.78. The molecule has 1 spiro atoms. The van der Waals surface area contributed by atoms with Gasteiger partial charge in [-0.1, -0.05) is 77.3 Å². The third-order valence-corrected chi connectivity index (χ3v) is 6.85. The Morgan fingerprint density at radius 3 is 2.40 bits per heavy atom. The highest BCUT2D eigenvalue weighted by Gasteiger charge is 2.47. The van der Waals surface area contributed by atoms with Gasteiger partial charge >= 0.3 is 0 Å². The number of rotatable bonds is 3. The highest BCUT2D eigenvalue weighted by atomic mass is 35.5. The van der Waals surface area contributed by atoms with Gasteiger partial charge in [0, 0.05) is 29.7 Å². The summed E-state index contributed by atoms with van der Waals surface area (Å²) in [7, 11) is 0. The van der Waals surface area contributed by atoms with Crippen molar-refractivity contribution in [3.05, 3.63) is 105 Å². The van der Waals surface area contributed by atoms with Gasteiger partial charge in [-0.25, -0.2) is 0 Å². The number of benzene rings is 3. The molecule has 2 heterocycles. The molecular weight excluding hydrogens is 413 g/mol. The molecule has 3 aromatic carbocycles. The van der Waals surface area contributed by atoms with E-state index < -0.39 is 0 Å². The van der Waals surface area contributed by atoms with Gasteiger partial charge in [0.2, 0.25) is 0 Å². The van der Waals surface area contributed by atoms with Crippen LogP contribution < -0.4 is 0 Å². The van der Waals surface area contributed by atoms with Crippen LogP contribution in [0, 0.1) is 6.92 Å². The Labute approximate surface area is 188 Å². The Bertz CT molecular complexity index is 1050. The average molecular weight is 438 g/mol. The van der Waals surface area contributed by atoms with E-state index >= 15 is 0 Å². The summed E-state index contributed by atoms with van der Waals surface area (Å²) in [6.45, 7) is 5.18. The Kier molecular flexibility index (Phi) is 5.37. The molecule has 0 radical (unpaired) electrons. The monoisotopic (exact) mass is 437 g/mol. The number of hydrogen-bond donors (Lipinski definition) is 0. The fraction of sp³-hybridized carbons (Fsp3) is 0.308. The third-order valence-electron chi connectivity index (χ3n) is 6.42. The molecule has 3 aromatic rings. The van der Waals surface area contributed by atoms with E-state index in [4.69, 9.17) is 27.9 Å². The molecule has 154 valence electrons. The maximum atomic E-state index is 6.83. The topological polar surface area (TPSA) is 12.5 Å². The lowest BCUT2D eigenvalue weighted by molar-refractivity contribution is -0.0978. The summed E-state index contributed by atoms with van der Waals surface area (Å²) in [6, 6.07) is 23.1. The second-order valence-electron chi connectivity index (χ2n) is 8.55.